The predicted molar refractivity (Wildman–Crippen MR) is 103 cm³/mol. The Morgan fingerprint density at radius 2 is 1.81 bits per heavy atom. The van der Waals surface area contributed by atoms with Crippen molar-refractivity contribution in [3.05, 3.63) is 77.9 Å². The summed E-state index contributed by atoms with van der Waals surface area (Å²) in [7, 11) is 0. The molecule has 0 aromatic heterocycles. The summed E-state index contributed by atoms with van der Waals surface area (Å²) in [4.78, 5) is 10.7. The Hall–Kier alpha value is -3.27. The lowest BCUT2D eigenvalue weighted by molar-refractivity contribution is -0.131. The monoisotopic (exact) mass is 348 g/mol. The third-order valence-electron chi connectivity index (χ3n) is 3.95. The molecule has 3 aromatic rings. The molecule has 0 amide bonds. The maximum absolute atomic E-state index is 10.7. The number of hydrogen-bond acceptors (Lipinski definition) is 3. The van der Waals surface area contributed by atoms with Gasteiger partial charge < -0.3 is 14.6 Å². The van der Waals surface area contributed by atoms with Gasteiger partial charge in [-0.3, -0.25) is 0 Å². The first-order valence-electron chi connectivity index (χ1n) is 8.44. The number of aliphatic carboxylic acids is 1. The van der Waals surface area contributed by atoms with Crippen LogP contribution in [0.3, 0.4) is 0 Å². The molecule has 0 heterocycles. The second kappa shape index (κ2) is 8.21. The third kappa shape index (κ3) is 4.22. The van der Waals surface area contributed by atoms with Crippen molar-refractivity contribution in [1.82, 2.24) is 0 Å². The van der Waals surface area contributed by atoms with Crippen molar-refractivity contribution in [2.45, 2.75) is 13.5 Å². The molecule has 4 nitrogen and oxygen atoms in total. The molecule has 0 aliphatic carbocycles. The van der Waals surface area contributed by atoms with Crippen molar-refractivity contribution < 1.29 is 19.4 Å². The molecule has 0 spiro atoms. The molecule has 26 heavy (non-hydrogen) atoms. The minimum atomic E-state index is -0.987. The van der Waals surface area contributed by atoms with Crippen LogP contribution in [0.15, 0.2) is 66.7 Å². The molecule has 0 atom stereocenters. The quantitative estimate of drug-likeness (QED) is 0.616. The van der Waals surface area contributed by atoms with Gasteiger partial charge in [0.25, 0.3) is 0 Å². The van der Waals surface area contributed by atoms with E-state index >= 15 is 0 Å². The summed E-state index contributed by atoms with van der Waals surface area (Å²) < 4.78 is 11.7. The Kier molecular flexibility index (Phi) is 5.54. The van der Waals surface area contributed by atoms with Crippen molar-refractivity contribution in [2.24, 2.45) is 0 Å². The van der Waals surface area contributed by atoms with Crippen molar-refractivity contribution in [1.29, 1.82) is 0 Å². The standard InChI is InChI=1S/C22H20O4/c1-2-25-21-14-16(11-13-22(23)24)10-12-20(21)26-15-18-8-5-7-17-6-3-4-9-19(17)18/h3-14H,2,15H2,1H3,(H,23,24). The number of benzene rings is 3. The Bertz CT molecular complexity index is 939. The second-order valence-corrected chi connectivity index (χ2v) is 5.74. The fraction of sp³-hybridized carbons (Fsp3) is 0.136. The van der Waals surface area contributed by atoms with E-state index in [0.717, 1.165) is 22.6 Å². The minimum absolute atomic E-state index is 0.422. The van der Waals surface area contributed by atoms with Crippen LogP contribution in [-0.2, 0) is 11.4 Å². The van der Waals surface area contributed by atoms with Gasteiger partial charge in [0.1, 0.15) is 6.61 Å². The van der Waals surface area contributed by atoms with Gasteiger partial charge in [-0.1, -0.05) is 48.5 Å². The van der Waals surface area contributed by atoms with Gasteiger partial charge in [-0.15, -0.1) is 0 Å². The molecule has 0 saturated carbocycles. The first-order chi connectivity index (χ1) is 12.7. The number of rotatable bonds is 7. The molecule has 0 aliphatic heterocycles. The normalized spacial score (nSPS) is 11.0. The zero-order valence-corrected chi connectivity index (χ0v) is 14.5. The van der Waals surface area contributed by atoms with Crippen LogP contribution >= 0.6 is 0 Å². The van der Waals surface area contributed by atoms with E-state index in [1.165, 1.54) is 11.5 Å². The highest BCUT2D eigenvalue weighted by Crippen LogP contribution is 2.30. The smallest absolute Gasteiger partial charge is 0.328 e. The number of carboxylic acid groups (broad SMARTS) is 1. The van der Waals surface area contributed by atoms with Gasteiger partial charge in [-0.25, -0.2) is 4.79 Å². The third-order valence-corrected chi connectivity index (χ3v) is 3.95. The topological polar surface area (TPSA) is 55.8 Å². The molecule has 0 unspecified atom stereocenters. The van der Waals surface area contributed by atoms with Gasteiger partial charge >= 0.3 is 5.97 Å². The number of ether oxygens (including phenoxy) is 2. The molecule has 0 radical (unpaired) electrons. The maximum atomic E-state index is 10.7. The highest BCUT2D eigenvalue weighted by atomic mass is 16.5. The molecule has 4 heteroatoms. The van der Waals surface area contributed by atoms with E-state index in [1.54, 1.807) is 18.2 Å². The van der Waals surface area contributed by atoms with Gasteiger partial charge in [-0.05, 0) is 47.0 Å². The number of hydrogen-bond donors (Lipinski definition) is 1. The average molecular weight is 348 g/mol. The predicted octanol–water partition coefficient (Wildman–Crippen LogP) is 4.92. The SMILES string of the molecule is CCOc1cc(C=CC(=O)O)ccc1OCc1cccc2ccccc12. The van der Waals surface area contributed by atoms with E-state index in [-0.39, 0.29) is 0 Å². The molecular formula is C22H20O4. The van der Waals surface area contributed by atoms with Gasteiger partial charge in [-0.2, -0.15) is 0 Å². The molecule has 3 rings (SSSR count). The average Bonchev–Trinajstić information content (AvgIpc) is 2.66. The number of carbonyl (C=O) groups is 1. The fourth-order valence-corrected chi connectivity index (χ4v) is 2.76. The van der Waals surface area contributed by atoms with Gasteiger partial charge in [0.2, 0.25) is 0 Å². The van der Waals surface area contributed by atoms with Gasteiger partial charge in [0.15, 0.2) is 11.5 Å². The zero-order valence-electron chi connectivity index (χ0n) is 14.5. The van der Waals surface area contributed by atoms with Gasteiger partial charge in [0.05, 0.1) is 6.61 Å². The highest BCUT2D eigenvalue weighted by molar-refractivity contribution is 5.86. The van der Waals surface area contributed by atoms with Crippen LogP contribution < -0.4 is 9.47 Å². The Morgan fingerprint density at radius 1 is 1.00 bits per heavy atom. The van der Waals surface area contributed by atoms with Crippen LogP contribution in [0.1, 0.15) is 18.1 Å². The van der Waals surface area contributed by atoms with Crippen LogP contribution in [0.25, 0.3) is 16.8 Å². The van der Waals surface area contributed by atoms with E-state index in [9.17, 15) is 4.79 Å². The molecule has 0 fully saturated rings. The van der Waals surface area contributed by atoms with Crippen LogP contribution in [0, 0.1) is 0 Å². The van der Waals surface area contributed by atoms with E-state index in [2.05, 4.69) is 18.2 Å². The van der Waals surface area contributed by atoms with Crippen LogP contribution in [0.5, 0.6) is 11.5 Å². The van der Waals surface area contributed by atoms with Crippen LogP contribution in [0.4, 0.5) is 0 Å². The number of fused-ring (bicyclic) bond motifs is 1. The lowest BCUT2D eigenvalue weighted by Gasteiger charge is -2.14. The van der Waals surface area contributed by atoms with Crippen LogP contribution in [0.2, 0.25) is 0 Å². The molecular weight excluding hydrogens is 328 g/mol. The van der Waals surface area contributed by atoms with Crippen LogP contribution in [-0.4, -0.2) is 17.7 Å². The molecule has 3 aromatic carbocycles. The molecule has 1 N–H and O–H groups in total. The summed E-state index contributed by atoms with van der Waals surface area (Å²) in [6, 6.07) is 19.7. The lowest BCUT2D eigenvalue weighted by atomic mass is 10.1. The first-order valence-corrected chi connectivity index (χ1v) is 8.44. The lowest BCUT2D eigenvalue weighted by Crippen LogP contribution is -2.00. The maximum Gasteiger partial charge on any atom is 0.328 e. The van der Waals surface area contributed by atoms with Crippen molar-refractivity contribution >= 4 is 22.8 Å². The summed E-state index contributed by atoms with van der Waals surface area (Å²) in [5, 5.41) is 11.1. The largest absolute Gasteiger partial charge is 0.490 e. The number of carboxylic acids is 1. The van der Waals surface area contributed by atoms with E-state index < -0.39 is 5.97 Å². The van der Waals surface area contributed by atoms with E-state index in [0.29, 0.717) is 24.7 Å². The molecule has 0 bridgehead atoms. The summed E-state index contributed by atoms with van der Waals surface area (Å²) >= 11 is 0. The molecule has 0 saturated heterocycles. The van der Waals surface area contributed by atoms with E-state index in [4.69, 9.17) is 14.6 Å². The summed E-state index contributed by atoms with van der Waals surface area (Å²) in [6.45, 7) is 2.82. The zero-order chi connectivity index (χ0) is 18.4. The highest BCUT2D eigenvalue weighted by Gasteiger charge is 2.08. The summed E-state index contributed by atoms with van der Waals surface area (Å²) in [6.07, 6.45) is 2.63. The first kappa shape index (κ1) is 17.5. The fourth-order valence-electron chi connectivity index (χ4n) is 2.76. The Labute approximate surface area is 152 Å². The molecule has 0 aliphatic rings. The van der Waals surface area contributed by atoms with Gasteiger partial charge in [0, 0.05) is 6.08 Å². The van der Waals surface area contributed by atoms with Crippen molar-refractivity contribution in [3.63, 3.8) is 0 Å². The second-order valence-electron chi connectivity index (χ2n) is 5.74. The van der Waals surface area contributed by atoms with Crippen molar-refractivity contribution in [3.8, 4) is 11.5 Å². The Balaban J connectivity index is 1.83. The minimum Gasteiger partial charge on any atom is -0.490 e. The summed E-state index contributed by atoms with van der Waals surface area (Å²) in [5.41, 5.74) is 1.84. The van der Waals surface area contributed by atoms with E-state index in [1.807, 2.05) is 31.2 Å². The van der Waals surface area contributed by atoms with Crippen molar-refractivity contribution in [2.75, 3.05) is 6.61 Å². The summed E-state index contributed by atoms with van der Waals surface area (Å²) in [5.74, 6) is 0.242. The molecule has 132 valence electrons. The Morgan fingerprint density at radius 3 is 2.62 bits per heavy atom.